The monoisotopic (exact) mass is 362 g/mol. The fourth-order valence-corrected chi connectivity index (χ4v) is 3.44. The molecule has 3 N–H and O–H groups in total. The Hall–Kier alpha value is -2.26. The molecule has 0 radical (unpaired) electrons. The molecule has 9 heteroatoms. The number of hydrogen-bond donors (Lipinski definition) is 2. The number of anilines is 1. The summed E-state index contributed by atoms with van der Waals surface area (Å²) in [5, 5.41) is 9.58. The molecule has 0 aliphatic heterocycles. The zero-order valence-electron chi connectivity index (χ0n) is 15.2. The van der Waals surface area contributed by atoms with Crippen LogP contribution in [0, 0.1) is 11.8 Å². The van der Waals surface area contributed by atoms with Gasteiger partial charge < -0.3 is 25.0 Å². The van der Waals surface area contributed by atoms with Gasteiger partial charge in [-0.15, -0.1) is 0 Å². The van der Waals surface area contributed by atoms with Gasteiger partial charge in [0.25, 0.3) is 0 Å². The molecule has 2 heterocycles. The number of aliphatic hydroxyl groups is 1. The van der Waals surface area contributed by atoms with Crippen molar-refractivity contribution >= 4 is 23.1 Å². The number of esters is 1. The molecule has 0 saturated heterocycles. The number of aliphatic hydroxyl groups excluding tert-OH is 1. The maximum atomic E-state index is 12.0. The lowest BCUT2D eigenvalue weighted by Crippen LogP contribution is -2.43. The van der Waals surface area contributed by atoms with Gasteiger partial charge in [-0.3, -0.25) is 4.79 Å². The topological polar surface area (TPSA) is 119 Å². The predicted molar refractivity (Wildman–Crippen MR) is 96.2 cm³/mol. The molecule has 3 unspecified atom stereocenters. The Balaban J connectivity index is 1.63. The summed E-state index contributed by atoms with van der Waals surface area (Å²) in [7, 11) is 3.95. The first-order valence-corrected chi connectivity index (χ1v) is 8.86. The van der Waals surface area contributed by atoms with Crippen LogP contribution in [-0.2, 0) is 9.53 Å². The number of nitrogens with zero attached hydrogens (tertiary/aromatic N) is 5. The second-order valence-electron chi connectivity index (χ2n) is 7.09. The minimum absolute atomic E-state index is 0.0337. The average Bonchev–Trinajstić information content (AvgIpc) is 2.97. The molecule has 0 bridgehead atoms. The molecule has 3 atom stereocenters. The van der Waals surface area contributed by atoms with Crippen LogP contribution in [0.3, 0.4) is 0 Å². The van der Waals surface area contributed by atoms with Crippen LogP contribution in [0.1, 0.15) is 25.3 Å². The highest BCUT2D eigenvalue weighted by Crippen LogP contribution is 2.45. The summed E-state index contributed by atoms with van der Waals surface area (Å²) in [6.45, 7) is 1.21. The SMILES string of the molecule is CN(C)CCCC(=O)OCC1C(CO)CC1n1cnc2cnc(N)nc21. The lowest BCUT2D eigenvalue weighted by molar-refractivity contribution is -0.149. The molecule has 9 nitrogen and oxygen atoms in total. The molecule has 1 saturated carbocycles. The Morgan fingerprint density at radius 2 is 2.27 bits per heavy atom. The second-order valence-corrected chi connectivity index (χ2v) is 7.09. The van der Waals surface area contributed by atoms with Crippen LogP contribution in [0.5, 0.6) is 0 Å². The summed E-state index contributed by atoms with van der Waals surface area (Å²) in [5.41, 5.74) is 7.03. The third-order valence-electron chi connectivity index (χ3n) is 4.99. The van der Waals surface area contributed by atoms with Gasteiger partial charge in [-0.25, -0.2) is 9.97 Å². The van der Waals surface area contributed by atoms with Crippen LogP contribution >= 0.6 is 0 Å². The molecular formula is C17H26N6O3. The van der Waals surface area contributed by atoms with E-state index in [1.165, 1.54) is 0 Å². The molecular weight excluding hydrogens is 336 g/mol. The summed E-state index contributed by atoms with van der Waals surface area (Å²) in [6.07, 6.45) is 5.26. The number of nitrogen functional groups attached to an aromatic ring is 1. The fraction of sp³-hybridized carbons (Fsp3) is 0.647. The van der Waals surface area contributed by atoms with Gasteiger partial charge in [-0.1, -0.05) is 0 Å². The number of carbonyl (C=O) groups excluding carboxylic acids is 1. The molecule has 3 rings (SSSR count). The van der Waals surface area contributed by atoms with Crippen molar-refractivity contribution in [2.75, 3.05) is 39.6 Å². The van der Waals surface area contributed by atoms with Gasteiger partial charge in [0.1, 0.15) is 5.52 Å². The average molecular weight is 362 g/mol. The maximum absolute atomic E-state index is 12.0. The number of carbonyl (C=O) groups is 1. The van der Waals surface area contributed by atoms with Crippen molar-refractivity contribution in [2.45, 2.75) is 25.3 Å². The van der Waals surface area contributed by atoms with E-state index in [4.69, 9.17) is 10.5 Å². The lowest BCUT2D eigenvalue weighted by Gasteiger charge is -2.44. The van der Waals surface area contributed by atoms with Crippen LogP contribution in [0.15, 0.2) is 12.5 Å². The van der Waals surface area contributed by atoms with E-state index in [0.29, 0.717) is 17.6 Å². The Labute approximate surface area is 152 Å². The molecule has 0 aromatic carbocycles. The van der Waals surface area contributed by atoms with Gasteiger partial charge in [0.15, 0.2) is 5.65 Å². The quantitative estimate of drug-likeness (QED) is 0.650. The van der Waals surface area contributed by atoms with Crippen molar-refractivity contribution in [3.05, 3.63) is 12.5 Å². The second kappa shape index (κ2) is 7.96. The molecule has 1 fully saturated rings. The zero-order chi connectivity index (χ0) is 18.7. The Kier molecular flexibility index (Phi) is 5.67. The number of nitrogens with two attached hydrogens (primary N) is 1. The van der Waals surface area contributed by atoms with E-state index in [1.807, 2.05) is 23.6 Å². The van der Waals surface area contributed by atoms with E-state index in [1.54, 1.807) is 12.5 Å². The number of hydrogen-bond acceptors (Lipinski definition) is 8. The van der Waals surface area contributed by atoms with Crippen LogP contribution < -0.4 is 5.73 Å². The minimum Gasteiger partial charge on any atom is -0.465 e. The highest BCUT2D eigenvalue weighted by Gasteiger charge is 2.43. The van der Waals surface area contributed by atoms with E-state index in [2.05, 4.69) is 15.0 Å². The lowest BCUT2D eigenvalue weighted by atomic mass is 9.70. The van der Waals surface area contributed by atoms with Crippen molar-refractivity contribution < 1.29 is 14.6 Å². The van der Waals surface area contributed by atoms with Gasteiger partial charge in [0, 0.05) is 25.0 Å². The Morgan fingerprint density at radius 3 is 3.00 bits per heavy atom. The molecule has 2 aromatic heterocycles. The molecule has 0 spiro atoms. The Morgan fingerprint density at radius 1 is 1.46 bits per heavy atom. The number of aromatic nitrogens is 4. The van der Waals surface area contributed by atoms with Crippen molar-refractivity contribution in [2.24, 2.45) is 11.8 Å². The first-order chi connectivity index (χ1) is 12.5. The van der Waals surface area contributed by atoms with E-state index < -0.39 is 0 Å². The van der Waals surface area contributed by atoms with Crippen LogP contribution in [0.25, 0.3) is 11.2 Å². The number of imidazole rings is 1. The predicted octanol–water partition coefficient (Wildman–Crippen LogP) is 0.463. The maximum Gasteiger partial charge on any atom is 0.305 e. The zero-order valence-corrected chi connectivity index (χ0v) is 15.2. The summed E-state index contributed by atoms with van der Waals surface area (Å²) in [4.78, 5) is 26.5. The van der Waals surface area contributed by atoms with Gasteiger partial charge in [-0.05, 0) is 39.4 Å². The third-order valence-corrected chi connectivity index (χ3v) is 4.99. The van der Waals surface area contributed by atoms with Gasteiger partial charge >= 0.3 is 5.97 Å². The number of fused-ring (bicyclic) bond motifs is 1. The van der Waals surface area contributed by atoms with E-state index >= 15 is 0 Å². The van der Waals surface area contributed by atoms with Crippen LogP contribution in [0.4, 0.5) is 5.95 Å². The first-order valence-electron chi connectivity index (χ1n) is 8.86. The summed E-state index contributed by atoms with van der Waals surface area (Å²) < 4.78 is 7.41. The first kappa shape index (κ1) is 18.5. The van der Waals surface area contributed by atoms with Crippen LogP contribution in [-0.4, -0.2) is 69.3 Å². The molecule has 142 valence electrons. The number of rotatable bonds is 8. The van der Waals surface area contributed by atoms with E-state index in [-0.39, 0.29) is 43.0 Å². The van der Waals surface area contributed by atoms with Gasteiger partial charge in [-0.2, -0.15) is 4.98 Å². The molecule has 0 amide bonds. The van der Waals surface area contributed by atoms with Gasteiger partial charge in [0.05, 0.1) is 19.1 Å². The molecule has 2 aromatic rings. The minimum atomic E-state index is -0.198. The Bertz CT molecular complexity index is 762. The highest BCUT2D eigenvalue weighted by atomic mass is 16.5. The molecule has 1 aliphatic rings. The summed E-state index contributed by atoms with van der Waals surface area (Å²) in [6, 6.07) is 0.0704. The number of ether oxygens (including phenoxy) is 1. The standard InChI is InChI=1S/C17H26N6O3/c1-22(2)5-3-4-15(25)26-9-12-11(8-24)6-14(12)23-10-20-13-7-19-17(18)21-16(13)23/h7,10-12,14,24H,3-6,8-9H2,1-2H3,(H2,18,19,21). The summed E-state index contributed by atoms with van der Waals surface area (Å²) >= 11 is 0. The van der Waals surface area contributed by atoms with E-state index in [0.717, 1.165) is 19.4 Å². The van der Waals surface area contributed by atoms with Gasteiger partial charge in [0.2, 0.25) is 5.95 Å². The van der Waals surface area contributed by atoms with Crippen molar-refractivity contribution in [1.82, 2.24) is 24.4 Å². The largest absolute Gasteiger partial charge is 0.465 e. The van der Waals surface area contributed by atoms with Crippen molar-refractivity contribution in [3.63, 3.8) is 0 Å². The third kappa shape index (κ3) is 3.94. The molecule has 26 heavy (non-hydrogen) atoms. The smallest absolute Gasteiger partial charge is 0.305 e. The summed E-state index contributed by atoms with van der Waals surface area (Å²) in [5.74, 6) is 0.134. The van der Waals surface area contributed by atoms with Crippen molar-refractivity contribution in [3.8, 4) is 0 Å². The normalized spacial score (nSPS) is 22.5. The highest BCUT2D eigenvalue weighted by molar-refractivity contribution is 5.71. The van der Waals surface area contributed by atoms with Crippen LogP contribution in [0.2, 0.25) is 0 Å². The van der Waals surface area contributed by atoms with Crippen molar-refractivity contribution in [1.29, 1.82) is 0 Å². The fourth-order valence-electron chi connectivity index (χ4n) is 3.44. The molecule has 1 aliphatic carbocycles. The van der Waals surface area contributed by atoms with E-state index in [9.17, 15) is 9.90 Å².